The SMILES string of the molecule is Clc1cccc2c1C1=CC(c3cccc4c3sc3ccc(Br)cc34)=CCC1S2. The van der Waals surface area contributed by atoms with Gasteiger partial charge in [-0.25, -0.2) is 0 Å². The molecule has 1 aliphatic carbocycles. The summed E-state index contributed by atoms with van der Waals surface area (Å²) in [4.78, 5) is 1.31. The van der Waals surface area contributed by atoms with Crippen LogP contribution in [0.2, 0.25) is 5.02 Å². The van der Waals surface area contributed by atoms with E-state index in [9.17, 15) is 0 Å². The molecule has 0 saturated carbocycles. The van der Waals surface area contributed by atoms with Crippen molar-refractivity contribution < 1.29 is 0 Å². The third-order valence-electron chi connectivity index (χ3n) is 5.51. The van der Waals surface area contributed by atoms with Gasteiger partial charge in [-0.3, -0.25) is 0 Å². The van der Waals surface area contributed by atoms with Gasteiger partial charge in [-0.15, -0.1) is 23.1 Å². The highest BCUT2D eigenvalue weighted by atomic mass is 79.9. The number of halogens is 2. The van der Waals surface area contributed by atoms with Crippen molar-refractivity contribution in [3.05, 3.63) is 87.4 Å². The lowest BCUT2D eigenvalue weighted by Crippen LogP contribution is -2.04. The molecule has 0 fully saturated rings. The Morgan fingerprint density at radius 3 is 2.82 bits per heavy atom. The van der Waals surface area contributed by atoms with Crippen LogP contribution in [-0.2, 0) is 0 Å². The molecule has 4 aromatic rings. The first-order valence-corrected chi connectivity index (χ1v) is 12.0. The van der Waals surface area contributed by atoms with E-state index >= 15 is 0 Å². The van der Waals surface area contributed by atoms with E-state index in [1.807, 2.05) is 29.2 Å². The fourth-order valence-corrected chi connectivity index (χ4v) is 7.48. The number of allylic oxidation sites excluding steroid dienone is 3. The molecule has 4 heteroatoms. The summed E-state index contributed by atoms with van der Waals surface area (Å²) >= 11 is 14.0. The van der Waals surface area contributed by atoms with Crippen LogP contribution in [0, 0.1) is 0 Å². The van der Waals surface area contributed by atoms with Crippen molar-refractivity contribution in [2.75, 3.05) is 0 Å². The van der Waals surface area contributed by atoms with Gasteiger partial charge in [-0.1, -0.05) is 57.9 Å². The number of thiophene rings is 1. The van der Waals surface area contributed by atoms with Crippen molar-refractivity contribution in [3.8, 4) is 0 Å². The summed E-state index contributed by atoms with van der Waals surface area (Å²) in [5.41, 5.74) is 5.25. The monoisotopic (exact) mass is 480 g/mol. The molecule has 0 radical (unpaired) electrons. The summed E-state index contributed by atoms with van der Waals surface area (Å²) in [5, 5.41) is 4.00. The third-order valence-corrected chi connectivity index (χ3v) is 8.87. The fraction of sp³-hybridized carbons (Fsp3) is 0.0833. The van der Waals surface area contributed by atoms with Crippen molar-refractivity contribution in [2.24, 2.45) is 0 Å². The molecule has 0 nitrogen and oxygen atoms in total. The first-order valence-electron chi connectivity index (χ1n) is 9.17. The minimum Gasteiger partial charge on any atom is -0.135 e. The second kappa shape index (κ2) is 6.50. The van der Waals surface area contributed by atoms with Crippen molar-refractivity contribution in [3.63, 3.8) is 0 Å². The molecule has 28 heavy (non-hydrogen) atoms. The van der Waals surface area contributed by atoms with Gasteiger partial charge in [-0.05, 0) is 59.5 Å². The summed E-state index contributed by atoms with van der Waals surface area (Å²) < 4.78 is 3.82. The largest absolute Gasteiger partial charge is 0.135 e. The van der Waals surface area contributed by atoms with Crippen LogP contribution < -0.4 is 0 Å². The van der Waals surface area contributed by atoms with Crippen LogP contribution in [-0.4, -0.2) is 5.25 Å². The molecule has 1 unspecified atom stereocenters. The number of hydrogen-bond acceptors (Lipinski definition) is 2. The fourth-order valence-electron chi connectivity index (χ4n) is 4.25. The topological polar surface area (TPSA) is 0 Å². The average Bonchev–Trinajstić information content (AvgIpc) is 3.26. The van der Waals surface area contributed by atoms with E-state index in [1.165, 1.54) is 47.3 Å². The van der Waals surface area contributed by atoms with Crippen molar-refractivity contribution in [1.82, 2.24) is 0 Å². The first kappa shape index (κ1) is 17.3. The lowest BCUT2D eigenvalue weighted by molar-refractivity contribution is 1.09. The van der Waals surface area contributed by atoms with Crippen LogP contribution in [0.3, 0.4) is 0 Å². The predicted molar refractivity (Wildman–Crippen MR) is 129 cm³/mol. The molecule has 2 heterocycles. The van der Waals surface area contributed by atoms with E-state index in [-0.39, 0.29) is 0 Å². The maximum absolute atomic E-state index is 6.57. The van der Waals surface area contributed by atoms with Crippen LogP contribution in [0.5, 0.6) is 0 Å². The van der Waals surface area contributed by atoms with E-state index in [1.54, 1.807) is 0 Å². The Bertz CT molecular complexity index is 1350. The van der Waals surface area contributed by atoms with Gasteiger partial charge in [0, 0.05) is 45.4 Å². The molecule has 0 N–H and O–H groups in total. The van der Waals surface area contributed by atoms with Gasteiger partial charge in [0.15, 0.2) is 0 Å². The standard InChI is InChI=1S/C24H14BrClS2/c25-14-8-10-20-17(12-14)16-4-1-3-15(24(16)28-20)13-7-9-21-18(11-13)23-19(26)5-2-6-22(23)27-21/h1-8,10-12,21H,9H2. The molecule has 0 spiro atoms. The zero-order valence-corrected chi connectivity index (χ0v) is 18.7. The van der Waals surface area contributed by atoms with Crippen molar-refractivity contribution >= 4 is 81.9 Å². The number of thioether (sulfide) groups is 1. The van der Waals surface area contributed by atoms with Crippen LogP contribution in [0.25, 0.3) is 31.3 Å². The zero-order chi connectivity index (χ0) is 18.8. The number of hydrogen-bond donors (Lipinski definition) is 0. The molecule has 6 rings (SSSR count). The Morgan fingerprint density at radius 1 is 1.00 bits per heavy atom. The summed E-state index contributed by atoms with van der Waals surface area (Å²) in [5.74, 6) is 0. The van der Waals surface area contributed by atoms with E-state index in [2.05, 4.69) is 76.6 Å². The molecule has 1 aliphatic heterocycles. The molecule has 0 saturated heterocycles. The number of benzene rings is 3. The molecule has 2 aliphatic rings. The predicted octanol–water partition coefficient (Wildman–Crippen LogP) is 8.82. The highest BCUT2D eigenvalue weighted by molar-refractivity contribution is 9.10. The van der Waals surface area contributed by atoms with Gasteiger partial charge in [0.2, 0.25) is 0 Å². The first-order chi connectivity index (χ1) is 13.7. The summed E-state index contributed by atoms with van der Waals surface area (Å²) in [6, 6.07) is 19.5. The lowest BCUT2D eigenvalue weighted by atomic mass is 9.90. The molecule has 3 aromatic carbocycles. The lowest BCUT2D eigenvalue weighted by Gasteiger charge is -2.18. The van der Waals surface area contributed by atoms with E-state index < -0.39 is 0 Å². The number of rotatable bonds is 1. The summed E-state index contributed by atoms with van der Waals surface area (Å²) in [7, 11) is 0. The molecule has 0 bridgehead atoms. The smallest absolute Gasteiger partial charge is 0.0492 e. The van der Waals surface area contributed by atoms with Gasteiger partial charge in [-0.2, -0.15) is 0 Å². The normalized spacial score (nSPS) is 18.1. The van der Waals surface area contributed by atoms with Gasteiger partial charge in [0.05, 0.1) is 0 Å². The zero-order valence-electron chi connectivity index (χ0n) is 14.7. The number of fused-ring (bicyclic) bond motifs is 6. The molecule has 1 atom stereocenters. The molecule has 0 amide bonds. The Labute approximate surface area is 185 Å². The van der Waals surface area contributed by atoms with E-state index in [4.69, 9.17) is 11.6 Å². The van der Waals surface area contributed by atoms with Crippen molar-refractivity contribution in [1.29, 1.82) is 0 Å². The van der Waals surface area contributed by atoms with Crippen LogP contribution in [0.4, 0.5) is 0 Å². The Morgan fingerprint density at radius 2 is 1.89 bits per heavy atom. The van der Waals surface area contributed by atoms with Gasteiger partial charge >= 0.3 is 0 Å². The second-order valence-electron chi connectivity index (χ2n) is 7.14. The molecular formula is C24H14BrClS2. The van der Waals surface area contributed by atoms with Crippen LogP contribution in [0.15, 0.2) is 76.1 Å². The molecule has 136 valence electrons. The quantitative estimate of drug-likeness (QED) is 0.262. The van der Waals surface area contributed by atoms with Crippen LogP contribution >= 0.6 is 50.6 Å². The second-order valence-corrected chi connectivity index (χ2v) is 10.8. The van der Waals surface area contributed by atoms with E-state index in [0.717, 1.165) is 15.9 Å². The molecule has 1 aromatic heterocycles. The Hall–Kier alpha value is -1.52. The average molecular weight is 482 g/mol. The minimum absolute atomic E-state index is 0.483. The van der Waals surface area contributed by atoms with Gasteiger partial charge in [0.25, 0.3) is 0 Å². The Kier molecular flexibility index (Phi) is 4.03. The summed E-state index contributed by atoms with van der Waals surface area (Å²) in [6.07, 6.45) is 5.81. The Balaban J connectivity index is 1.55. The van der Waals surface area contributed by atoms with Crippen molar-refractivity contribution in [2.45, 2.75) is 16.6 Å². The highest BCUT2D eigenvalue weighted by Crippen LogP contribution is 2.52. The highest BCUT2D eigenvalue weighted by Gasteiger charge is 2.31. The minimum atomic E-state index is 0.483. The van der Waals surface area contributed by atoms with E-state index in [0.29, 0.717) is 5.25 Å². The maximum Gasteiger partial charge on any atom is 0.0492 e. The maximum atomic E-state index is 6.57. The summed E-state index contributed by atoms with van der Waals surface area (Å²) in [6.45, 7) is 0. The van der Waals surface area contributed by atoms with Crippen LogP contribution in [0.1, 0.15) is 17.5 Å². The van der Waals surface area contributed by atoms with Gasteiger partial charge in [0.1, 0.15) is 0 Å². The third kappa shape index (κ3) is 2.57. The molecular weight excluding hydrogens is 468 g/mol. The van der Waals surface area contributed by atoms with Gasteiger partial charge < -0.3 is 0 Å².